The molecular formula is C22H23N3O3. The number of hydrogen-bond donors (Lipinski definition) is 1. The van der Waals surface area contributed by atoms with Gasteiger partial charge < -0.3 is 10.2 Å². The Balaban J connectivity index is 1.55. The van der Waals surface area contributed by atoms with E-state index in [1.165, 1.54) is 4.90 Å². The average molecular weight is 377 g/mol. The number of nitrogens with one attached hydrogen (secondary N) is 1. The van der Waals surface area contributed by atoms with Gasteiger partial charge in [-0.05, 0) is 55.7 Å². The number of carbonyl (C=O) groups is 3. The first-order chi connectivity index (χ1) is 13.3. The predicted molar refractivity (Wildman–Crippen MR) is 109 cm³/mol. The predicted octanol–water partition coefficient (Wildman–Crippen LogP) is 2.96. The summed E-state index contributed by atoms with van der Waals surface area (Å²) in [5, 5.41) is 3.21. The molecule has 2 aromatic carbocycles. The summed E-state index contributed by atoms with van der Waals surface area (Å²) in [6.45, 7) is 6.13. The van der Waals surface area contributed by atoms with Crippen LogP contribution >= 0.6 is 0 Å². The lowest BCUT2D eigenvalue weighted by molar-refractivity contribution is -0.121. The van der Waals surface area contributed by atoms with Gasteiger partial charge in [-0.25, -0.2) is 4.90 Å². The molecule has 0 saturated carbocycles. The van der Waals surface area contributed by atoms with Gasteiger partial charge in [-0.15, -0.1) is 0 Å². The Morgan fingerprint density at radius 1 is 1.07 bits per heavy atom. The van der Waals surface area contributed by atoms with Gasteiger partial charge in [-0.3, -0.25) is 14.4 Å². The van der Waals surface area contributed by atoms with Gasteiger partial charge in [-0.1, -0.05) is 17.7 Å². The highest BCUT2D eigenvalue weighted by atomic mass is 16.2. The van der Waals surface area contributed by atoms with E-state index in [9.17, 15) is 14.4 Å². The van der Waals surface area contributed by atoms with E-state index in [1.807, 2.05) is 50.2 Å². The van der Waals surface area contributed by atoms with Crippen LogP contribution in [-0.2, 0) is 20.8 Å². The maximum Gasteiger partial charge on any atom is 0.256 e. The first-order valence-corrected chi connectivity index (χ1v) is 9.47. The smallest absolute Gasteiger partial charge is 0.256 e. The molecule has 6 heteroatoms. The van der Waals surface area contributed by atoms with Crippen LogP contribution in [0.5, 0.6) is 0 Å². The number of rotatable bonds is 3. The Bertz CT molecular complexity index is 999. The van der Waals surface area contributed by atoms with Crippen molar-refractivity contribution >= 4 is 34.8 Å². The first kappa shape index (κ1) is 18.2. The molecule has 1 saturated heterocycles. The molecule has 144 valence electrons. The van der Waals surface area contributed by atoms with Crippen molar-refractivity contribution in [1.29, 1.82) is 0 Å². The molecular weight excluding hydrogens is 354 g/mol. The van der Waals surface area contributed by atoms with Crippen molar-refractivity contribution in [3.05, 3.63) is 53.1 Å². The van der Waals surface area contributed by atoms with Crippen molar-refractivity contribution in [3.63, 3.8) is 0 Å². The monoisotopic (exact) mass is 377 g/mol. The molecule has 2 heterocycles. The molecule has 2 aliphatic rings. The highest BCUT2D eigenvalue weighted by molar-refractivity contribution is 6.23. The Labute approximate surface area is 164 Å². The van der Waals surface area contributed by atoms with Crippen LogP contribution in [0.4, 0.5) is 17.1 Å². The van der Waals surface area contributed by atoms with Crippen LogP contribution in [0, 0.1) is 13.8 Å². The molecule has 0 bridgehead atoms. The molecule has 0 spiro atoms. The molecule has 2 aromatic rings. The molecule has 3 amide bonds. The minimum atomic E-state index is -0.587. The van der Waals surface area contributed by atoms with Gasteiger partial charge in [0.2, 0.25) is 11.8 Å². The number of aryl methyl sites for hydroxylation is 2. The number of fused-ring (bicyclic) bond motifs is 1. The van der Waals surface area contributed by atoms with E-state index >= 15 is 0 Å². The average Bonchev–Trinajstić information content (AvgIpc) is 3.17. The Morgan fingerprint density at radius 2 is 1.82 bits per heavy atom. The van der Waals surface area contributed by atoms with Crippen LogP contribution in [-0.4, -0.2) is 30.3 Å². The molecule has 0 aromatic heterocycles. The third-order valence-corrected chi connectivity index (χ3v) is 5.44. The van der Waals surface area contributed by atoms with Gasteiger partial charge in [0.15, 0.2) is 0 Å². The summed E-state index contributed by atoms with van der Waals surface area (Å²) in [6.07, 6.45) is 0.916. The lowest BCUT2D eigenvalue weighted by Gasteiger charge is -2.19. The second kappa shape index (κ2) is 6.78. The summed E-state index contributed by atoms with van der Waals surface area (Å²) in [5.74, 6) is -0.402. The standard InChI is InChI=1S/C22H23N3O3/c1-13-4-6-19(14(2)10-13)25-21(27)12-18(22(25)28)23-17-5-7-20-16(11-17)8-9-24(20)15(3)26/h4-7,10-11,18,23H,8-9,12H2,1-3H3. The molecule has 1 atom stereocenters. The zero-order valence-electron chi connectivity index (χ0n) is 16.3. The molecule has 6 nitrogen and oxygen atoms in total. The molecule has 0 radical (unpaired) electrons. The summed E-state index contributed by atoms with van der Waals surface area (Å²) in [6, 6.07) is 10.8. The number of carbonyl (C=O) groups excluding carboxylic acids is 3. The van der Waals surface area contributed by atoms with Gasteiger partial charge in [-0.2, -0.15) is 0 Å². The first-order valence-electron chi connectivity index (χ1n) is 9.47. The zero-order valence-corrected chi connectivity index (χ0v) is 16.3. The number of hydrogen-bond acceptors (Lipinski definition) is 4. The van der Waals surface area contributed by atoms with Crippen molar-refractivity contribution in [1.82, 2.24) is 0 Å². The van der Waals surface area contributed by atoms with E-state index in [0.29, 0.717) is 12.2 Å². The fraction of sp³-hybridized carbons (Fsp3) is 0.318. The summed E-state index contributed by atoms with van der Waals surface area (Å²) < 4.78 is 0. The minimum absolute atomic E-state index is 0.0279. The summed E-state index contributed by atoms with van der Waals surface area (Å²) >= 11 is 0. The number of anilines is 3. The SMILES string of the molecule is CC(=O)N1CCc2cc(NC3CC(=O)N(c4ccc(C)cc4C)C3=O)ccc21. The molecule has 1 N–H and O–H groups in total. The highest BCUT2D eigenvalue weighted by Crippen LogP contribution is 2.32. The number of nitrogens with zero attached hydrogens (tertiary/aromatic N) is 2. The van der Waals surface area contributed by atoms with Crippen LogP contribution in [0.3, 0.4) is 0 Å². The Kier molecular flexibility index (Phi) is 4.41. The van der Waals surface area contributed by atoms with Crippen LogP contribution in [0.2, 0.25) is 0 Å². The molecule has 1 unspecified atom stereocenters. The quantitative estimate of drug-likeness (QED) is 0.835. The highest BCUT2D eigenvalue weighted by Gasteiger charge is 2.40. The summed E-state index contributed by atoms with van der Waals surface area (Å²) in [5.41, 5.74) is 5.43. The van der Waals surface area contributed by atoms with Crippen molar-refractivity contribution in [2.24, 2.45) is 0 Å². The molecule has 28 heavy (non-hydrogen) atoms. The van der Waals surface area contributed by atoms with E-state index in [1.54, 1.807) is 11.8 Å². The van der Waals surface area contributed by atoms with Gasteiger partial charge in [0.25, 0.3) is 5.91 Å². The summed E-state index contributed by atoms with van der Waals surface area (Å²) in [4.78, 5) is 40.2. The molecule has 1 fully saturated rings. The summed E-state index contributed by atoms with van der Waals surface area (Å²) in [7, 11) is 0. The second-order valence-electron chi connectivity index (χ2n) is 7.52. The van der Waals surface area contributed by atoms with Gasteiger partial charge in [0.05, 0.1) is 12.1 Å². The lowest BCUT2D eigenvalue weighted by Crippen LogP contribution is -2.35. The maximum atomic E-state index is 12.9. The Morgan fingerprint density at radius 3 is 2.54 bits per heavy atom. The van der Waals surface area contributed by atoms with Gasteiger partial charge in [0, 0.05) is 24.8 Å². The zero-order chi connectivity index (χ0) is 20.0. The minimum Gasteiger partial charge on any atom is -0.373 e. The fourth-order valence-corrected chi connectivity index (χ4v) is 4.07. The van der Waals surface area contributed by atoms with Crippen molar-refractivity contribution in [2.45, 2.75) is 39.7 Å². The number of imide groups is 1. The fourth-order valence-electron chi connectivity index (χ4n) is 4.07. The number of amides is 3. The molecule has 2 aliphatic heterocycles. The maximum absolute atomic E-state index is 12.9. The van der Waals surface area contributed by atoms with Crippen LogP contribution < -0.4 is 15.1 Å². The van der Waals surface area contributed by atoms with Crippen molar-refractivity contribution in [2.75, 3.05) is 21.7 Å². The van der Waals surface area contributed by atoms with E-state index in [0.717, 1.165) is 34.5 Å². The van der Waals surface area contributed by atoms with E-state index < -0.39 is 6.04 Å². The molecule has 4 rings (SSSR count). The molecule has 0 aliphatic carbocycles. The van der Waals surface area contributed by atoms with Crippen molar-refractivity contribution < 1.29 is 14.4 Å². The largest absolute Gasteiger partial charge is 0.373 e. The van der Waals surface area contributed by atoms with Gasteiger partial charge >= 0.3 is 0 Å². The van der Waals surface area contributed by atoms with Crippen LogP contribution in [0.25, 0.3) is 0 Å². The topological polar surface area (TPSA) is 69.7 Å². The normalized spacial score (nSPS) is 18.6. The van der Waals surface area contributed by atoms with Crippen LogP contribution in [0.15, 0.2) is 36.4 Å². The van der Waals surface area contributed by atoms with E-state index in [4.69, 9.17) is 0 Å². The van der Waals surface area contributed by atoms with Crippen LogP contribution in [0.1, 0.15) is 30.0 Å². The number of benzene rings is 2. The van der Waals surface area contributed by atoms with E-state index in [2.05, 4.69) is 5.32 Å². The van der Waals surface area contributed by atoms with Gasteiger partial charge in [0.1, 0.15) is 6.04 Å². The second-order valence-corrected chi connectivity index (χ2v) is 7.52. The van der Waals surface area contributed by atoms with Crippen molar-refractivity contribution in [3.8, 4) is 0 Å². The third-order valence-electron chi connectivity index (χ3n) is 5.44. The Hall–Kier alpha value is -3.15. The van der Waals surface area contributed by atoms with E-state index in [-0.39, 0.29) is 24.1 Å². The third kappa shape index (κ3) is 3.05. The lowest BCUT2D eigenvalue weighted by atomic mass is 10.1.